The van der Waals surface area contributed by atoms with Crippen LogP contribution in [-0.2, 0) is 0 Å². The third kappa shape index (κ3) is 1.95. The fourth-order valence-corrected chi connectivity index (χ4v) is 2.03. The van der Waals surface area contributed by atoms with Crippen LogP contribution in [0.2, 0.25) is 0 Å². The van der Waals surface area contributed by atoms with Crippen molar-refractivity contribution in [3.05, 3.63) is 48.8 Å². The zero-order valence-electron chi connectivity index (χ0n) is 10.2. The predicted octanol–water partition coefficient (Wildman–Crippen LogP) is 3.63. The Morgan fingerprint density at radius 1 is 1.17 bits per heavy atom. The van der Waals surface area contributed by atoms with E-state index in [0.717, 1.165) is 27.9 Å². The highest BCUT2D eigenvalue weighted by Crippen LogP contribution is 2.25. The zero-order chi connectivity index (χ0) is 12.4. The zero-order valence-corrected chi connectivity index (χ0v) is 10.2. The second-order valence-electron chi connectivity index (χ2n) is 4.10. The van der Waals surface area contributed by atoms with Gasteiger partial charge in [0.15, 0.2) is 0 Å². The molecule has 0 saturated heterocycles. The van der Waals surface area contributed by atoms with Gasteiger partial charge in [-0.05, 0) is 36.8 Å². The van der Waals surface area contributed by atoms with Crippen LogP contribution in [0, 0.1) is 0 Å². The van der Waals surface area contributed by atoms with Gasteiger partial charge >= 0.3 is 0 Å². The topological polar surface area (TPSA) is 37.9 Å². The number of nitrogens with zero attached hydrogens (tertiary/aromatic N) is 1. The molecule has 0 radical (unpaired) electrons. The SMILES string of the molecule is CCOc1cccc(-c2cnc3[nH]ccc3c2)c1. The molecule has 0 amide bonds. The molecule has 3 aromatic rings. The van der Waals surface area contributed by atoms with Gasteiger partial charge in [-0.3, -0.25) is 0 Å². The fourth-order valence-electron chi connectivity index (χ4n) is 2.03. The van der Waals surface area contributed by atoms with Crippen molar-refractivity contribution >= 4 is 11.0 Å². The number of aromatic amines is 1. The summed E-state index contributed by atoms with van der Waals surface area (Å²) >= 11 is 0. The minimum Gasteiger partial charge on any atom is -0.494 e. The minimum atomic E-state index is 0.679. The predicted molar refractivity (Wildman–Crippen MR) is 72.7 cm³/mol. The Bertz CT molecular complexity index is 673. The molecule has 2 aromatic heterocycles. The molecule has 0 bridgehead atoms. The standard InChI is InChI=1S/C15H14N2O/c1-2-18-14-5-3-4-11(9-14)13-8-12-6-7-16-15(12)17-10-13/h3-10H,2H2,1H3,(H,16,17). The number of rotatable bonds is 3. The first-order chi connectivity index (χ1) is 8.86. The van der Waals surface area contributed by atoms with Gasteiger partial charge in [-0.25, -0.2) is 4.98 Å². The maximum absolute atomic E-state index is 5.51. The molecule has 0 spiro atoms. The second kappa shape index (κ2) is 4.53. The van der Waals surface area contributed by atoms with Gasteiger partial charge in [0, 0.05) is 23.3 Å². The molecule has 3 nitrogen and oxygen atoms in total. The van der Waals surface area contributed by atoms with E-state index in [0.29, 0.717) is 6.61 Å². The first-order valence-electron chi connectivity index (χ1n) is 6.03. The van der Waals surface area contributed by atoms with Crippen molar-refractivity contribution in [3.8, 4) is 16.9 Å². The number of ether oxygens (including phenoxy) is 1. The van der Waals surface area contributed by atoms with E-state index in [4.69, 9.17) is 4.74 Å². The number of fused-ring (bicyclic) bond motifs is 1. The lowest BCUT2D eigenvalue weighted by Gasteiger charge is -2.06. The summed E-state index contributed by atoms with van der Waals surface area (Å²) in [6, 6.07) is 12.2. The molecule has 0 aliphatic rings. The molecule has 3 heteroatoms. The summed E-state index contributed by atoms with van der Waals surface area (Å²) in [7, 11) is 0. The van der Waals surface area contributed by atoms with Crippen molar-refractivity contribution in [3.63, 3.8) is 0 Å². The largest absolute Gasteiger partial charge is 0.494 e. The smallest absolute Gasteiger partial charge is 0.137 e. The van der Waals surface area contributed by atoms with Crippen molar-refractivity contribution in [2.75, 3.05) is 6.61 Å². The summed E-state index contributed by atoms with van der Waals surface area (Å²) in [5, 5.41) is 1.12. The summed E-state index contributed by atoms with van der Waals surface area (Å²) in [4.78, 5) is 7.49. The monoisotopic (exact) mass is 238 g/mol. The van der Waals surface area contributed by atoms with Crippen LogP contribution in [0.3, 0.4) is 0 Å². The number of hydrogen-bond donors (Lipinski definition) is 1. The third-order valence-electron chi connectivity index (χ3n) is 2.88. The van der Waals surface area contributed by atoms with Crippen molar-refractivity contribution in [1.82, 2.24) is 9.97 Å². The van der Waals surface area contributed by atoms with E-state index in [-0.39, 0.29) is 0 Å². The Hall–Kier alpha value is -2.29. The summed E-state index contributed by atoms with van der Waals surface area (Å²) in [5.41, 5.74) is 3.14. The summed E-state index contributed by atoms with van der Waals surface area (Å²) in [6.45, 7) is 2.67. The molecule has 0 fully saturated rings. The highest BCUT2D eigenvalue weighted by molar-refractivity contribution is 5.81. The number of hydrogen-bond acceptors (Lipinski definition) is 2. The van der Waals surface area contributed by atoms with Crippen LogP contribution in [-0.4, -0.2) is 16.6 Å². The molecule has 3 rings (SSSR count). The average Bonchev–Trinajstić information content (AvgIpc) is 2.86. The number of H-pyrrole nitrogens is 1. The van der Waals surface area contributed by atoms with Crippen molar-refractivity contribution in [2.24, 2.45) is 0 Å². The van der Waals surface area contributed by atoms with Crippen LogP contribution in [0.1, 0.15) is 6.92 Å². The normalized spacial score (nSPS) is 10.7. The lowest BCUT2D eigenvalue weighted by atomic mass is 10.1. The highest BCUT2D eigenvalue weighted by Gasteiger charge is 2.02. The van der Waals surface area contributed by atoms with Gasteiger partial charge in [0.2, 0.25) is 0 Å². The maximum Gasteiger partial charge on any atom is 0.137 e. The van der Waals surface area contributed by atoms with E-state index < -0.39 is 0 Å². The van der Waals surface area contributed by atoms with Gasteiger partial charge in [-0.15, -0.1) is 0 Å². The molecule has 90 valence electrons. The van der Waals surface area contributed by atoms with Crippen LogP contribution in [0.4, 0.5) is 0 Å². The molecule has 0 atom stereocenters. The van der Waals surface area contributed by atoms with Gasteiger partial charge in [0.25, 0.3) is 0 Å². The third-order valence-corrected chi connectivity index (χ3v) is 2.88. The molecule has 1 N–H and O–H groups in total. The average molecular weight is 238 g/mol. The maximum atomic E-state index is 5.51. The van der Waals surface area contributed by atoms with E-state index in [1.165, 1.54) is 0 Å². The first-order valence-corrected chi connectivity index (χ1v) is 6.03. The molecule has 2 heterocycles. The Morgan fingerprint density at radius 3 is 3.00 bits per heavy atom. The Morgan fingerprint density at radius 2 is 2.11 bits per heavy atom. The quantitative estimate of drug-likeness (QED) is 0.756. The molecule has 0 aliphatic heterocycles. The second-order valence-corrected chi connectivity index (χ2v) is 4.10. The summed E-state index contributed by atoms with van der Waals surface area (Å²) in [6.07, 6.45) is 3.78. The van der Waals surface area contributed by atoms with Gasteiger partial charge in [0.1, 0.15) is 11.4 Å². The molecule has 18 heavy (non-hydrogen) atoms. The van der Waals surface area contributed by atoms with E-state index in [2.05, 4.69) is 22.1 Å². The van der Waals surface area contributed by atoms with Crippen LogP contribution in [0.15, 0.2) is 48.8 Å². The number of nitrogens with one attached hydrogen (secondary N) is 1. The van der Waals surface area contributed by atoms with Crippen LogP contribution in [0.5, 0.6) is 5.75 Å². The summed E-state index contributed by atoms with van der Waals surface area (Å²) < 4.78 is 5.51. The van der Waals surface area contributed by atoms with Crippen molar-refractivity contribution in [1.29, 1.82) is 0 Å². The Kier molecular flexibility index (Phi) is 2.73. The highest BCUT2D eigenvalue weighted by atomic mass is 16.5. The van der Waals surface area contributed by atoms with Crippen molar-refractivity contribution < 1.29 is 4.74 Å². The van der Waals surface area contributed by atoms with E-state index >= 15 is 0 Å². The summed E-state index contributed by atoms with van der Waals surface area (Å²) in [5.74, 6) is 0.893. The lowest BCUT2D eigenvalue weighted by Crippen LogP contribution is -1.91. The van der Waals surface area contributed by atoms with Crippen molar-refractivity contribution in [2.45, 2.75) is 6.92 Å². The molecule has 0 unspecified atom stereocenters. The van der Waals surface area contributed by atoms with Gasteiger partial charge < -0.3 is 9.72 Å². The fraction of sp³-hybridized carbons (Fsp3) is 0.133. The number of pyridine rings is 1. The first kappa shape index (κ1) is 10.8. The number of aromatic nitrogens is 2. The number of benzene rings is 1. The molecule has 0 aliphatic carbocycles. The van der Waals surface area contributed by atoms with Crippen LogP contribution < -0.4 is 4.74 Å². The Balaban J connectivity index is 2.04. The van der Waals surface area contributed by atoms with Gasteiger partial charge in [0.05, 0.1) is 6.61 Å². The van der Waals surface area contributed by atoms with E-state index in [1.54, 1.807) is 0 Å². The van der Waals surface area contributed by atoms with Gasteiger partial charge in [-0.2, -0.15) is 0 Å². The van der Waals surface area contributed by atoms with E-state index in [9.17, 15) is 0 Å². The molecule has 1 aromatic carbocycles. The van der Waals surface area contributed by atoms with Crippen LogP contribution >= 0.6 is 0 Å². The molecular weight excluding hydrogens is 224 g/mol. The minimum absolute atomic E-state index is 0.679. The van der Waals surface area contributed by atoms with E-state index in [1.807, 2.05) is 43.6 Å². The van der Waals surface area contributed by atoms with Crippen LogP contribution in [0.25, 0.3) is 22.2 Å². The molecule has 0 saturated carbocycles. The lowest BCUT2D eigenvalue weighted by molar-refractivity contribution is 0.340. The Labute approximate surface area is 105 Å². The van der Waals surface area contributed by atoms with Gasteiger partial charge in [-0.1, -0.05) is 12.1 Å². The molecular formula is C15H14N2O.